The van der Waals surface area contributed by atoms with Gasteiger partial charge in [0.15, 0.2) is 5.78 Å². The van der Waals surface area contributed by atoms with E-state index >= 15 is 0 Å². The third kappa shape index (κ3) is 8.52. The Hall–Kier alpha value is -3.07. The number of nitrogens with zero attached hydrogens (tertiary/aromatic N) is 1. The number of hydrogen-bond acceptors (Lipinski definition) is 3. The third-order valence-electron chi connectivity index (χ3n) is 7.51. The molecule has 43 heavy (non-hydrogen) atoms. The standard InChI is InChI=1S/C28H26N.C11H20O2.Ir/c1-17(2)13-19-14-21-11-12-29-28-24-8-6-5-7-22(24)25-16-20(18(3)4)9-10-23(25)26(15-19)27(21)28;1-8(2)5-10(12)7-11(13)6-9(3)4;/h5-7,9-12,14-18H,13H2,1-4H3;7-9,12H,5-6H2,1-4H3;/q-1;;/b;10-7-;. The molecule has 4 heteroatoms. The van der Waals surface area contributed by atoms with Gasteiger partial charge in [-0.05, 0) is 74.9 Å². The fourth-order valence-corrected chi connectivity index (χ4v) is 5.73. The molecule has 5 rings (SSSR count). The molecule has 1 aliphatic carbocycles. The number of rotatable bonds is 8. The average molecular weight is 753 g/mol. The van der Waals surface area contributed by atoms with E-state index in [1.54, 1.807) is 0 Å². The van der Waals surface area contributed by atoms with Crippen molar-refractivity contribution in [1.82, 2.24) is 4.98 Å². The van der Waals surface area contributed by atoms with Crippen LogP contribution >= 0.6 is 0 Å². The van der Waals surface area contributed by atoms with Crippen molar-refractivity contribution in [3.8, 4) is 33.5 Å². The summed E-state index contributed by atoms with van der Waals surface area (Å²) in [4.78, 5) is 16.0. The van der Waals surface area contributed by atoms with Crippen LogP contribution in [0, 0.1) is 23.8 Å². The van der Waals surface area contributed by atoms with E-state index in [0.29, 0.717) is 36.5 Å². The molecule has 4 aromatic rings. The molecule has 0 unspecified atom stereocenters. The van der Waals surface area contributed by atoms with E-state index in [1.165, 1.54) is 50.2 Å². The van der Waals surface area contributed by atoms with Crippen LogP contribution in [0.2, 0.25) is 0 Å². The van der Waals surface area contributed by atoms with Gasteiger partial charge in [-0.1, -0.05) is 96.8 Å². The number of aromatic nitrogens is 1. The Morgan fingerprint density at radius 1 is 0.837 bits per heavy atom. The maximum absolute atomic E-state index is 11.2. The van der Waals surface area contributed by atoms with E-state index in [-0.39, 0.29) is 31.6 Å². The van der Waals surface area contributed by atoms with Gasteiger partial charge in [0.05, 0.1) is 5.76 Å². The van der Waals surface area contributed by atoms with Crippen LogP contribution in [0.25, 0.3) is 44.3 Å². The zero-order chi connectivity index (χ0) is 30.6. The SMILES string of the molecule is CC(C)CC(=O)/C=C(\O)CC(C)C.CC(C)Cc1cc2c3c(nccc3c1)-c1[c-]cccc1-c1cc(C(C)C)ccc1-2.[Ir]. The van der Waals surface area contributed by atoms with Crippen LogP contribution in [-0.2, 0) is 31.3 Å². The first kappa shape index (κ1) is 34.4. The van der Waals surface area contributed by atoms with E-state index < -0.39 is 0 Å². The molecule has 1 heterocycles. The smallest absolute Gasteiger partial charge is 0.159 e. The van der Waals surface area contributed by atoms with Crippen LogP contribution < -0.4 is 0 Å². The van der Waals surface area contributed by atoms with Gasteiger partial charge >= 0.3 is 0 Å². The first-order valence-electron chi connectivity index (χ1n) is 15.4. The number of ketones is 1. The van der Waals surface area contributed by atoms with Crippen LogP contribution in [0.1, 0.15) is 85.3 Å². The Labute approximate surface area is 272 Å². The van der Waals surface area contributed by atoms with E-state index in [1.807, 2.05) is 40.0 Å². The van der Waals surface area contributed by atoms with Crippen molar-refractivity contribution in [1.29, 1.82) is 0 Å². The van der Waals surface area contributed by atoms with Gasteiger partial charge in [0.25, 0.3) is 0 Å². The van der Waals surface area contributed by atoms with Crippen molar-refractivity contribution in [2.45, 2.75) is 80.6 Å². The number of allylic oxidation sites excluding steroid dienone is 2. The van der Waals surface area contributed by atoms with Gasteiger partial charge in [-0.2, -0.15) is 0 Å². The van der Waals surface area contributed by atoms with Crippen LogP contribution in [0.3, 0.4) is 0 Å². The van der Waals surface area contributed by atoms with E-state index in [0.717, 1.165) is 17.7 Å². The summed E-state index contributed by atoms with van der Waals surface area (Å²) in [5, 5.41) is 11.9. The summed E-state index contributed by atoms with van der Waals surface area (Å²) >= 11 is 0. The summed E-state index contributed by atoms with van der Waals surface area (Å²) < 4.78 is 0. The number of pyridine rings is 1. The average Bonchev–Trinajstić information content (AvgIpc) is 3.02. The number of benzene rings is 3. The summed E-state index contributed by atoms with van der Waals surface area (Å²) in [6, 6.07) is 23.7. The van der Waals surface area contributed by atoms with Gasteiger partial charge in [0.1, 0.15) is 0 Å². The topological polar surface area (TPSA) is 50.2 Å². The van der Waals surface area contributed by atoms with Crippen molar-refractivity contribution in [3.63, 3.8) is 0 Å². The second-order valence-electron chi connectivity index (χ2n) is 13.2. The number of aliphatic hydroxyl groups excluding tert-OH is 1. The molecule has 0 atom stereocenters. The van der Waals surface area contributed by atoms with E-state index in [4.69, 9.17) is 4.98 Å². The minimum Gasteiger partial charge on any atom is -0.512 e. The van der Waals surface area contributed by atoms with Crippen molar-refractivity contribution >= 4 is 16.6 Å². The van der Waals surface area contributed by atoms with Crippen LogP contribution in [0.5, 0.6) is 0 Å². The van der Waals surface area contributed by atoms with Gasteiger partial charge in [0.2, 0.25) is 0 Å². The van der Waals surface area contributed by atoms with Gasteiger partial charge in [-0.3, -0.25) is 4.79 Å². The minimum atomic E-state index is 0. The zero-order valence-corrected chi connectivity index (χ0v) is 29.3. The van der Waals surface area contributed by atoms with Gasteiger partial charge in [-0.25, -0.2) is 0 Å². The Bertz CT molecular complexity index is 1600. The predicted molar refractivity (Wildman–Crippen MR) is 178 cm³/mol. The Kier molecular flexibility index (Phi) is 12.1. The van der Waals surface area contributed by atoms with Crippen molar-refractivity contribution in [2.24, 2.45) is 17.8 Å². The van der Waals surface area contributed by atoms with Crippen LogP contribution in [-0.4, -0.2) is 15.9 Å². The molecule has 0 amide bonds. The molecule has 0 bridgehead atoms. The summed E-state index contributed by atoms with van der Waals surface area (Å²) in [5.41, 5.74) is 10.0. The molecular weight excluding hydrogens is 707 g/mol. The number of aliphatic hydroxyl groups is 1. The first-order chi connectivity index (χ1) is 19.9. The Balaban J connectivity index is 0.000000310. The molecule has 3 nitrogen and oxygen atoms in total. The molecule has 1 aromatic heterocycles. The maximum Gasteiger partial charge on any atom is 0.159 e. The van der Waals surface area contributed by atoms with Gasteiger partial charge < -0.3 is 10.1 Å². The molecule has 0 aliphatic heterocycles. The molecule has 0 saturated carbocycles. The van der Waals surface area contributed by atoms with Gasteiger partial charge in [-0.15, -0.1) is 29.8 Å². The predicted octanol–water partition coefficient (Wildman–Crippen LogP) is 10.8. The Morgan fingerprint density at radius 2 is 1.56 bits per heavy atom. The molecule has 1 radical (unpaired) electrons. The summed E-state index contributed by atoms with van der Waals surface area (Å²) in [7, 11) is 0. The zero-order valence-electron chi connectivity index (χ0n) is 26.9. The molecule has 3 aromatic carbocycles. The quantitative estimate of drug-likeness (QED) is 0.0976. The fraction of sp³-hybridized carbons (Fsp3) is 0.385. The van der Waals surface area contributed by atoms with Crippen molar-refractivity contribution < 1.29 is 30.0 Å². The van der Waals surface area contributed by atoms with Crippen LogP contribution in [0.4, 0.5) is 0 Å². The molecule has 0 saturated heterocycles. The first-order valence-corrected chi connectivity index (χ1v) is 15.4. The molecule has 229 valence electrons. The summed E-state index contributed by atoms with van der Waals surface area (Å²) in [6.45, 7) is 17.1. The second-order valence-corrected chi connectivity index (χ2v) is 13.2. The fourth-order valence-electron chi connectivity index (χ4n) is 5.73. The summed E-state index contributed by atoms with van der Waals surface area (Å²) in [5.74, 6) is 2.10. The normalized spacial score (nSPS) is 12.0. The minimum absolute atomic E-state index is 0. The van der Waals surface area contributed by atoms with Crippen molar-refractivity contribution in [2.75, 3.05) is 0 Å². The Morgan fingerprint density at radius 3 is 2.21 bits per heavy atom. The monoisotopic (exact) mass is 753 g/mol. The molecular formula is C39H46IrNO2-. The maximum atomic E-state index is 11.2. The van der Waals surface area contributed by atoms with E-state index in [2.05, 4.69) is 82.3 Å². The second kappa shape index (κ2) is 15.1. The largest absolute Gasteiger partial charge is 0.512 e. The van der Waals surface area contributed by atoms with Gasteiger partial charge in [0, 0.05) is 45.2 Å². The number of hydrogen-bond donors (Lipinski definition) is 1. The summed E-state index contributed by atoms with van der Waals surface area (Å²) in [6.07, 6.45) is 5.49. The number of carbonyl (C=O) groups is 1. The van der Waals surface area contributed by atoms with Crippen LogP contribution in [0.15, 0.2) is 72.6 Å². The van der Waals surface area contributed by atoms with E-state index in [9.17, 15) is 9.90 Å². The third-order valence-corrected chi connectivity index (χ3v) is 7.51. The molecule has 0 spiro atoms. The molecule has 0 fully saturated rings. The molecule has 1 N–H and O–H groups in total. The van der Waals surface area contributed by atoms with Crippen molar-refractivity contribution in [3.05, 3.63) is 89.8 Å². The number of carbonyl (C=O) groups excluding carboxylic acids is 1. The molecule has 1 aliphatic rings. The number of fused-ring (bicyclic) bond motifs is 5.